The number of carbonyl (C=O) groups is 2. The van der Waals surface area contributed by atoms with Gasteiger partial charge < -0.3 is 20.1 Å². The lowest BCUT2D eigenvalue weighted by Crippen LogP contribution is -2.29. The molecule has 0 spiro atoms. The fourth-order valence-electron chi connectivity index (χ4n) is 5.05. The van der Waals surface area contributed by atoms with Crippen LogP contribution in [0.1, 0.15) is 162 Å². The first-order valence-corrected chi connectivity index (χ1v) is 21.1. The number of carbonyl (C=O) groups excluding carboxylic acids is 2. The topological polar surface area (TPSA) is 134 Å². The van der Waals surface area contributed by atoms with E-state index in [4.69, 9.17) is 24.3 Å². The van der Waals surface area contributed by atoms with Crippen molar-refractivity contribution in [2.45, 2.75) is 168 Å². The number of esters is 2. The van der Waals surface area contributed by atoms with Crippen LogP contribution in [-0.2, 0) is 32.7 Å². The van der Waals surface area contributed by atoms with Crippen molar-refractivity contribution in [3.63, 3.8) is 0 Å². The molecule has 0 amide bonds. The lowest BCUT2D eigenvalue weighted by molar-refractivity contribution is -0.161. The van der Waals surface area contributed by atoms with Crippen LogP contribution in [0.3, 0.4) is 0 Å². The van der Waals surface area contributed by atoms with Crippen molar-refractivity contribution in [2.75, 3.05) is 26.4 Å². The third-order valence-corrected chi connectivity index (χ3v) is 8.93. The van der Waals surface area contributed by atoms with Crippen LogP contribution in [0, 0.1) is 0 Å². The molecule has 3 N–H and O–H groups in total. The Bertz CT molecular complexity index is 965. The van der Waals surface area contributed by atoms with Crippen LogP contribution in [0.15, 0.2) is 48.6 Å². The maximum absolute atomic E-state index is 12.5. The number of phosphoric ester groups is 1. The first kappa shape index (κ1) is 48.0. The van der Waals surface area contributed by atoms with Crippen molar-refractivity contribution in [3.8, 4) is 0 Å². The number of phosphoric acid groups is 1. The van der Waals surface area contributed by atoms with Crippen LogP contribution in [0.5, 0.6) is 0 Å². The summed E-state index contributed by atoms with van der Waals surface area (Å²) in [6, 6.07) is 0. The van der Waals surface area contributed by atoms with E-state index in [0.717, 1.165) is 89.9 Å². The average molecular weight is 726 g/mol. The van der Waals surface area contributed by atoms with Crippen LogP contribution in [0.2, 0.25) is 0 Å². The Morgan fingerprint density at radius 1 is 0.620 bits per heavy atom. The Balaban J connectivity index is 4.26. The van der Waals surface area contributed by atoms with Gasteiger partial charge in [-0.25, -0.2) is 4.57 Å². The maximum Gasteiger partial charge on any atom is 0.472 e. The molecule has 0 saturated carbocycles. The fraction of sp³-hybridized carbons (Fsp3) is 0.750. The molecule has 0 saturated heterocycles. The van der Waals surface area contributed by atoms with E-state index in [0.29, 0.717) is 6.42 Å². The van der Waals surface area contributed by atoms with Gasteiger partial charge in [0.1, 0.15) is 6.61 Å². The molecule has 9 nitrogen and oxygen atoms in total. The van der Waals surface area contributed by atoms with E-state index in [2.05, 4.69) is 62.5 Å². The SMILES string of the molecule is CC/C=C\C/C=C\C/C=C\CCCCCCCC(=O)O[C@H](COC(=O)CCCCCCC/C=C\CCCCCCC)COP(=O)(O)OCCN. The lowest BCUT2D eigenvalue weighted by atomic mass is 10.1. The molecule has 0 aromatic rings. The van der Waals surface area contributed by atoms with E-state index in [1.54, 1.807) is 0 Å². The van der Waals surface area contributed by atoms with Gasteiger partial charge in [-0.3, -0.25) is 18.6 Å². The van der Waals surface area contributed by atoms with E-state index >= 15 is 0 Å². The lowest BCUT2D eigenvalue weighted by Gasteiger charge is -2.19. The van der Waals surface area contributed by atoms with E-state index in [1.165, 1.54) is 38.5 Å². The van der Waals surface area contributed by atoms with E-state index in [9.17, 15) is 19.0 Å². The molecular weight excluding hydrogens is 653 g/mol. The predicted octanol–water partition coefficient (Wildman–Crippen LogP) is 10.8. The van der Waals surface area contributed by atoms with Gasteiger partial charge in [-0.1, -0.05) is 127 Å². The first-order chi connectivity index (χ1) is 24.3. The number of ether oxygens (including phenoxy) is 2. The summed E-state index contributed by atoms with van der Waals surface area (Å²) in [5.74, 6) is -0.862. The summed E-state index contributed by atoms with van der Waals surface area (Å²) >= 11 is 0. The summed E-state index contributed by atoms with van der Waals surface area (Å²) in [7, 11) is -4.38. The molecule has 0 rings (SSSR count). The molecule has 10 heteroatoms. The van der Waals surface area contributed by atoms with Gasteiger partial charge in [0.2, 0.25) is 0 Å². The molecule has 0 fully saturated rings. The molecule has 0 bridgehead atoms. The summed E-state index contributed by atoms with van der Waals surface area (Å²) in [5, 5.41) is 0. The zero-order valence-electron chi connectivity index (χ0n) is 31.6. The Labute approximate surface area is 305 Å². The van der Waals surface area contributed by atoms with Gasteiger partial charge in [-0.2, -0.15) is 0 Å². The fourth-order valence-corrected chi connectivity index (χ4v) is 5.82. The standard InChI is InChI=1S/C40H72NO8P/c1-3-5-7-9-11-13-15-17-19-21-23-25-27-29-31-33-40(43)49-38(37-48-50(44,45)47-35-34-41)36-46-39(42)32-30-28-26-24-22-20-18-16-14-12-10-8-6-4-2/h5,7,11,13,16-19,38H,3-4,6,8-10,12,14-15,20-37,41H2,1-2H3,(H,44,45)/b7-5-,13-11-,18-16-,19-17-/t38-/m1/s1. The molecular formula is C40H72NO8P. The minimum absolute atomic E-state index is 0.0476. The number of rotatable bonds is 36. The van der Waals surface area contributed by atoms with Gasteiger partial charge in [0.05, 0.1) is 13.2 Å². The average Bonchev–Trinajstić information content (AvgIpc) is 3.10. The second kappa shape index (κ2) is 36.8. The summed E-state index contributed by atoms with van der Waals surface area (Å²) in [6.45, 7) is 3.56. The highest BCUT2D eigenvalue weighted by Crippen LogP contribution is 2.43. The molecule has 0 aromatic heterocycles. The third-order valence-electron chi connectivity index (χ3n) is 7.95. The molecule has 0 aliphatic rings. The Morgan fingerprint density at radius 2 is 1.10 bits per heavy atom. The van der Waals surface area contributed by atoms with Gasteiger partial charge in [0.15, 0.2) is 6.10 Å². The van der Waals surface area contributed by atoms with Crippen LogP contribution in [-0.4, -0.2) is 49.3 Å². The third kappa shape index (κ3) is 35.8. The minimum Gasteiger partial charge on any atom is -0.462 e. The number of hydrogen-bond acceptors (Lipinski definition) is 8. The summed E-state index contributed by atoms with van der Waals surface area (Å²) in [6.07, 6.45) is 39.9. The van der Waals surface area contributed by atoms with Gasteiger partial charge >= 0.3 is 19.8 Å². The van der Waals surface area contributed by atoms with Crippen LogP contribution in [0.25, 0.3) is 0 Å². The van der Waals surface area contributed by atoms with Crippen LogP contribution >= 0.6 is 7.82 Å². The number of hydrogen-bond donors (Lipinski definition) is 2. The molecule has 0 aromatic carbocycles. The Morgan fingerprint density at radius 3 is 1.66 bits per heavy atom. The van der Waals surface area contributed by atoms with Crippen LogP contribution < -0.4 is 5.73 Å². The second-order valence-electron chi connectivity index (χ2n) is 12.8. The van der Waals surface area contributed by atoms with Crippen molar-refractivity contribution in [3.05, 3.63) is 48.6 Å². The van der Waals surface area contributed by atoms with Gasteiger partial charge in [-0.05, 0) is 70.6 Å². The monoisotopic (exact) mass is 725 g/mol. The van der Waals surface area contributed by atoms with Gasteiger partial charge in [0, 0.05) is 19.4 Å². The number of unbranched alkanes of at least 4 members (excludes halogenated alkanes) is 15. The van der Waals surface area contributed by atoms with Crippen molar-refractivity contribution < 1.29 is 37.6 Å². The Kier molecular flexibility index (Phi) is 35.3. The number of allylic oxidation sites excluding steroid dienone is 8. The Hall–Kier alpha value is -2.03. The second-order valence-corrected chi connectivity index (χ2v) is 14.2. The highest BCUT2D eigenvalue weighted by atomic mass is 31.2. The molecule has 290 valence electrons. The van der Waals surface area contributed by atoms with Crippen molar-refractivity contribution in [2.24, 2.45) is 5.73 Å². The van der Waals surface area contributed by atoms with Crippen molar-refractivity contribution in [1.82, 2.24) is 0 Å². The van der Waals surface area contributed by atoms with Crippen molar-refractivity contribution in [1.29, 1.82) is 0 Å². The van der Waals surface area contributed by atoms with E-state index < -0.39 is 32.5 Å². The normalized spacial score (nSPS) is 13.9. The smallest absolute Gasteiger partial charge is 0.462 e. The van der Waals surface area contributed by atoms with Crippen LogP contribution in [0.4, 0.5) is 0 Å². The van der Waals surface area contributed by atoms with Gasteiger partial charge in [-0.15, -0.1) is 0 Å². The summed E-state index contributed by atoms with van der Waals surface area (Å²) in [5.41, 5.74) is 5.33. The largest absolute Gasteiger partial charge is 0.472 e. The molecule has 0 heterocycles. The number of nitrogens with two attached hydrogens (primary N) is 1. The predicted molar refractivity (Wildman–Crippen MR) is 206 cm³/mol. The van der Waals surface area contributed by atoms with Gasteiger partial charge in [0.25, 0.3) is 0 Å². The zero-order valence-corrected chi connectivity index (χ0v) is 32.5. The summed E-state index contributed by atoms with van der Waals surface area (Å²) in [4.78, 5) is 34.7. The van der Waals surface area contributed by atoms with E-state index in [-0.39, 0.29) is 32.6 Å². The summed E-state index contributed by atoms with van der Waals surface area (Å²) < 4.78 is 32.6. The molecule has 1 unspecified atom stereocenters. The highest BCUT2D eigenvalue weighted by Gasteiger charge is 2.25. The molecule has 50 heavy (non-hydrogen) atoms. The van der Waals surface area contributed by atoms with E-state index in [1.807, 2.05) is 0 Å². The van der Waals surface area contributed by atoms with Crippen molar-refractivity contribution >= 4 is 19.8 Å². The molecule has 0 aliphatic heterocycles. The highest BCUT2D eigenvalue weighted by molar-refractivity contribution is 7.47. The quantitative estimate of drug-likeness (QED) is 0.0280. The zero-order chi connectivity index (χ0) is 36.8. The molecule has 0 aliphatic carbocycles. The maximum atomic E-state index is 12.5. The minimum atomic E-state index is -4.38. The first-order valence-electron chi connectivity index (χ1n) is 19.6. The molecule has 0 radical (unpaired) electrons. The molecule has 2 atom stereocenters.